The van der Waals surface area contributed by atoms with Crippen molar-refractivity contribution in [1.82, 2.24) is 35.7 Å². The smallest absolute Gasteiger partial charge is 0.272 e. The zero-order valence-corrected chi connectivity index (χ0v) is 11.4. The van der Waals surface area contributed by atoms with Crippen LogP contribution in [0.2, 0.25) is 0 Å². The van der Waals surface area contributed by atoms with E-state index in [1.165, 1.54) is 4.68 Å². The maximum absolute atomic E-state index is 12.0. The van der Waals surface area contributed by atoms with Crippen LogP contribution < -0.4 is 5.32 Å². The number of tetrazole rings is 1. The third kappa shape index (κ3) is 2.78. The van der Waals surface area contributed by atoms with Gasteiger partial charge in [0.05, 0.1) is 6.04 Å². The maximum Gasteiger partial charge on any atom is 0.272 e. The van der Waals surface area contributed by atoms with Crippen LogP contribution in [0.25, 0.3) is 0 Å². The highest BCUT2D eigenvalue weighted by atomic mass is 16.2. The van der Waals surface area contributed by atoms with E-state index < -0.39 is 0 Å². The molecule has 0 unspecified atom stereocenters. The first kappa shape index (κ1) is 13.2. The van der Waals surface area contributed by atoms with Crippen LogP contribution in [0.15, 0.2) is 6.07 Å². The molecule has 8 nitrogen and oxygen atoms in total. The summed E-state index contributed by atoms with van der Waals surface area (Å²) in [6, 6.07) is 1.47. The minimum absolute atomic E-state index is 0.251. The Morgan fingerprint density at radius 1 is 1.42 bits per heavy atom. The van der Waals surface area contributed by atoms with Crippen LogP contribution in [0.3, 0.4) is 0 Å². The quantitative estimate of drug-likeness (QED) is 0.838. The summed E-state index contributed by atoms with van der Waals surface area (Å²) in [4.78, 5) is 12.0. The number of aromatic nitrogens is 6. The molecule has 0 saturated heterocycles. The van der Waals surface area contributed by atoms with Gasteiger partial charge in [-0.2, -0.15) is 5.10 Å². The van der Waals surface area contributed by atoms with Crippen molar-refractivity contribution in [3.8, 4) is 0 Å². The second-order valence-corrected chi connectivity index (χ2v) is 4.72. The van der Waals surface area contributed by atoms with Gasteiger partial charge in [-0.3, -0.25) is 9.89 Å². The van der Waals surface area contributed by atoms with E-state index >= 15 is 0 Å². The highest BCUT2D eigenvalue weighted by Gasteiger charge is 2.18. The first-order chi connectivity index (χ1) is 8.99. The van der Waals surface area contributed by atoms with Gasteiger partial charge in [-0.1, -0.05) is 13.8 Å². The average molecular weight is 263 g/mol. The van der Waals surface area contributed by atoms with Crippen LogP contribution in [-0.4, -0.2) is 36.3 Å². The van der Waals surface area contributed by atoms with Gasteiger partial charge in [0.25, 0.3) is 5.91 Å². The number of amides is 1. The fourth-order valence-corrected chi connectivity index (χ4v) is 1.69. The molecule has 0 aromatic carbocycles. The molecule has 2 aromatic heterocycles. The van der Waals surface area contributed by atoms with Crippen molar-refractivity contribution < 1.29 is 4.79 Å². The van der Waals surface area contributed by atoms with Gasteiger partial charge in [-0.15, -0.1) is 5.10 Å². The SMILES string of the molecule is CC(C)c1cc(C(=O)N[C@H](C)c2nnnn2C)n[nH]1. The Bertz CT molecular complexity index is 571. The Morgan fingerprint density at radius 2 is 2.16 bits per heavy atom. The fourth-order valence-electron chi connectivity index (χ4n) is 1.69. The predicted molar refractivity (Wildman–Crippen MR) is 67.4 cm³/mol. The monoisotopic (exact) mass is 263 g/mol. The van der Waals surface area contributed by atoms with E-state index in [0.717, 1.165) is 5.69 Å². The lowest BCUT2D eigenvalue weighted by molar-refractivity contribution is 0.0932. The van der Waals surface area contributed by atoms with Crippen molar-refractivity contribution in [3.63, 3.8) is 0 Å². The third-order valence-corrected chi connectivity index (χ3v) is 2.84. The summed E-state index contributed by atoms with van der Waals surface area (Å²) in [7, 11) is 1.73. The van der Waals surface area contributed by atoms with E-state index in [4.69, 9.17) is 0 Å². The Balaban J connectivity index is 2.06. The summed E-state index contributed by atoms with van der Waals surface area (Å²) in [5.41, 5.74) is 1.30. The zero-order valence-electron chi connectivity index (χ0n) is 11.4. The molecular formula is C11H17N7O. The molecule has 0 radical (unpaired) electrons. The Labute approximate surface area is 110 Å². The molecule has 0 aliphatic rings. The van der Waals surface area contributed by atoms with Crippen LogP contribution in [0.1, 0.15) is 54.7 Å². The summed E-state index contributed by atoms with van der Waals surface area (Å²) in [6.07, 6.45) is 0. The predicted octanol–water partition coefficient (Wildman–Crippen LogP) is 0.548. The van der Waals surface area contributed by atoms with Crippen molar-refractivity contribution in [2.75, 3.05) is 0 Å². The van der Waals surface area contributed by atoms with E-state index in [2.05, 4.69) is 31.0 Å². The molecule has 2 N–H and O–H groups in total. The molecule has 0 bridgehead atoms. The lowest BCUT2D eigenvalue weighted by atomic mass is 10.1. The minimum Gasteiger partial charge on any atom is -0.341 e. The second-order valence-electron chi connectivity index (χ2n) is 4.72. The van der Waals surface area contributed by atoms with Crippen LogP contribution in [-0.2, 0) is 7.05 Å². The lowest BCUT2D eigenvalue weighted by Gasteiger charge is -2.10. The number of carbonyl (C=O) groups excluding carboxylic acids is 1. The molecule has 102 valence electrons. The molecule has 2 aromatic rings. The van der Waals surface area contributed by atoms with Crippen molar-refractivity contribution in [2.45, 2.75) is 32.7 Å². The highest BCUT2D eigenvalue weighted by molar-refractivity contribution is 5.92. The van der Waals surface area contributed by atoms with Crippen molar-refractivity contribution in [3.05, 3.63) is 23.3 Å². The average Bonchev–Trinajstić information content (AvgIpc) is 2.96. The van der Waals surface area contributed by atoms with Gasteiger partial charge in [0, 0.05) is 12.7 Å². The van der Waals surface area contributed by atoms with Crippen molar-refractivity contribution in [2.24, 2.45) is 7.05 Å². The van der Waals surface area contributed by atoms with Gasteiger partial charge in [0.1, 0.15) is 5.69 Å². The molecule has 1 atom stereocenters. The third-order valence-electron chi connectivity index (χ3n) is 2.84. The van der Waals surface area contributed by atoms with Gasteiger partial charge >= 0.3 is 0 Å². The van der Waals surface area contributed by atoms with Gasteiger partial charge in [0.2, 0.25) is 0 Å². The molecule has 19 heavy (non-hydrogen) atoms. The summed E-state index contributed by atoms with van der Waals surface area (Å²) in [6.45, 7) is 5.88. The van der Waals surface area contributed by atoms with Crippen molar-refractivity contribution >= 4 is 5.91 Å². The number of carbonyl (C=O) groups is 1. The normalized spacial score (nSPS) is 12.7. The van der Waals surface area contributed by atoms with Gasteiger partial charge in [-0.25, -0.2) is 4.68 Å². The number of aryl methyl sites for hydroxylation is 1. The zero-order chi connectivity index (χ0) is 14.0. The molecule has 2 rings (SSSR count). The molecule has 0 fully saturated rings. The van der Waals surface area contributed by atoms with E-state index in [0.29, 0.717) is 17.4 Å². The van der Waals surface area contributed by atoms with E-state index in [1.807, 2.05) is 20.8 Å². The Hall–Kier alpha value is -2.25. The molecule has 0 spiro atoms. The largest absolute Gasteiger partial charge is 0.341 e. The number of nitrogens with zero attached hydrogens (tertiary/aromatic N) is 5. The Morgan fingerprint density at radius 3 is 2.68 bits per heavy atom. The summed E-state index contributed by atoms with van der Waals surface area (Å²) < 4.78 is 1.52. The van der Waals surface area contributed by atoms with Crippen LogP contribution in [0.5, 0.6) is 0 Å². The number of aromatic amines is 1. The fraction of sp³-hybridized carbons (Fsp3) is 0.545. The first-order valence-corrected chi connectivity index (χ1v) is 6.07. The second kappa shape index (κ2) is 5.17. The van der Waals surface area contributed by atoms with E-state index in [-0.39, 0.29) is 11.9 Å². The number of rotatable bonds is 4. The van der Waals surface area contributed by atoms with Crippen LogP contribution in [0.4, 0.5) is 0 Å². The molecule has 1 amide bonds. The van der Waals surface area contributed by atoms with Crippen LogP contribution >= 0.6 is 0 Å². The summed E-state index contributed by atoms with van der Waals surface area (Å²) in [5.74, 6) is 0.640. The number of H-pyrrole nitrogens is 1. The molecule has 0 aliphatic heterocycles. The van der Waals surface area contributed by atoms with Crippen molar-refractivity contribution in [1.29, 1.82) is 0 Å². The summed E-state index contributed by atoms with van der Waals surface area (Å²) in [5, 5.41) is 20.8. The van der Waals surface area contributed by atoms with E-state index in [1.54, 1.807) is 13.1 Å². The topological polar surface area (TPSA) is 101 Å². The standard InChI is InChI=1S/C11H17N7O/c1-6(2)8-5-9(14-13-8)11(19)12-7(3)10-15-16-17-18(10)4/h5-7H,1-4H3,(H,12,19)(H,13,14)/t7-/m1/s1. The first-order valence-electron chi connectivity index (χ1n) is 6.07. The molecule has 0 aliphatic carbocycles. The molecule has 0 saturated carbocycles. The number of hydrogen-bond acceptors (Lipinski definition) is 5. The molecule has 2 heterocycles. The Kier molecular flexibility index (Phi) is 3.59. The highest BCUT2D eigenvalue weighted by Crippen LogP contribution is 2.13. The number of nitrogens with one attached hydrogen (secondary N) is 2. The lowest BCUT2D eigenvalue weighted by Crippen LogP contribution is -2.28. The summed E-state index contributed by atoms with van der Waals surface area (Å²) >= 11 is 0. The van der Waals surface area contributed by atoms with Gasteiger partial charge in [0.15, 0.2) is 5.82 Å². The maximum atomic E-state index is 12.0. The molecule has 8 heteroatoms. The minimum atomic E-state index is -0.285. The van der Waals surface area contributed by atoms with Gasteiger partial charge in [-0.05, 0) is 29.3 Å². The van der Waals surface area contributed by atoms with Gasteiger partial charge < -0.3 is 5.32 Å². The number of hydrogen-bond donors (Lipinski definition) is 2. The van der Waals surface area contributed by atoms with Crippen LogP contribution in [0, 0.1) is 0 Å². The van der Waals surface area contributed by atoms with E-state index in [9.17, 15) is 4.79 Å². The molecular weight excluding hydrogens is 246 g/mol.